The molecule has 2 rings (SSSR count). The van der Waals surface area contributed by atoms with Crippen LogP contribution in [0.5, 0.6) is 0 Å². The zero-order valence-corrected chi connectivity index (χ0v) is 12.8. The summed E-state index contributed by atoms with van der Waals surface area (Å²) in [7, 11) is 0. The summed E-state index contributed by atoms with van der Waals surface area (Å²) in [6.07, 6.45) is 2.49. The summed E-state index contributed by atoms with van der Waals surface area (Å²) in [5.74, 6) is 0.710. The third kappa shape index (κ3) is 3.37. The zero-order chi connectivity index (χ0) is 14.0. The molecule has 0 amide bonds. The van der Waals surface area contributed by atoms with Crippen molar-refractivity contribution < 1.29 is 0 Å². The van der Waals surface area contributed by atoms with Crippen LogP contribution in [-0.2, 0) is 0 Å². The Morgan fingerprint density at radius 2 is 1.79 bits per heavy atom. The smallest absolute Gasteiger partial charge is 0.0322 e. The number of benzene rings is 1. The van der Waals surface area contributed by atoms with Crippen LogP contribution in [0, 0.1) is 19.8 Å². The first-order valence-corrected chi connectivity index (χ1v) is 7.56. The Bertz CT molecular complexity index is 417. The van der Waals surface area contributed by atoms with Crippen LogP contribution in [0.3, 0.4) is 0 Å². The van der Waals surface area contributed by atoms with Gasteiger partial charge in [-0.1, -0.05) is 23.8 Å². The molecular formula is C17H28N2. The minimum atomic E-state index is 0.346. The molecule has 0 bridgehead atoms. The Balaban J connectivity index is 2.05. The van der Waals surface area contributed by atoms with E-state index in [4.69, 9.17) is 5.73 Å². The molecule has 1 aromatic carbocycles. The van der Waals surface area contributed by atoms with E-state index in [1.165, 1.54) is 42.6 Å². The minimum Gasteiger partial charge on any atom is -0.328 e. The first-order valence-electron chi connectivity index (χ1n) is 7.56. The summed E-state index contributed by atoms with van der Waals surface area (Å²) in [5.41, 5.74) is 10.3. The SMILES string of the molecule is Cc1ccc(C)c(C(C)N2CCC(C(C)N)CC2)c1. The number of rotatable bonds is 3. The van der Waals surface area contributed by atoms with Crippen LogP contribution in [0.1, 0.15) is 49.4 Å². The number of nitrogens with zero attached hydrogens (tertiary/aromatic N) is 1. The Hall–Kier alpha value is -0.860. The van der Waals surface area contributed by atoms with Crippen molar-refractivity contribution in [2.75, 3.05) is 13.1 Å². The van der Waals surface area contributed by atoms with E-state index in [-0.39, 0.29) is 0 Å². The van der Waals surface area contributed by atoms with Crippen molar-refractivity contribution in [2.24, 2.45) is 11.7 Å². The van der Waals surface area contributed by atoms with E-state index in [2.05, 4.69) is 50.8 Å². The predicted molar refractivity (Wildman–Crippen MR) is 82.3 cm³/mol. The van der Waals surface area contributed by atoms with Gasteiger partial charge in [0.25, 0.3) is 0 Å². The van der Waals surface area contributed by atoms with E-state index in [0.29, 0.717) is 18.0 Å². The van der Waals surface area contributed by atoms with Crippen molar-refractivity contribution >= 4 is 0 Å². The fourth-order valence-corrected chi connectivity index (χ4v) is 3.24. The van der Waals surface area contributed by atoms with Crippen LogP contribution in [0.4, 0.5) is 0 Å². The first kappa shape index (κ1) is 14.5. The monoisotopic (exact) mass is 260 g/mol. The Morgan fingerprint density at radius 3 is 2.37 bits per heavy atom. The molecule has 0 aromatic heterocycles. The maximum atomic E-state index is 6.03. The lowest BCUT2D eigenvalue weighted by atomic mass is 9.89. The number of nitrogens with two attached hydrogens (primary N) is 1. The molecule has 1 aliphatic rings. The Morgan fingerprint density at radius 1 is 1.16 bits per heavy atom. The molecule has 0 saturated carbocycles. The van der Waals surface area contributed by atoms with Gasteiger partial charge in [-0.15, -0.1) is 0 Å². The molecule has 2 unspecified atom stereocenters. The molecule has 2 atom stereocenters. The second-order valence-electron chi connectivity index (χ2n) is 6.27. The topological polar surface area (TPSA) is 29.3 Å². The van der Waals surface area contributed by atoms with Gasteiger partial charge in [0.15, 0.2) is 0 Å². The van der Waals surface area contributed by atoms with Crippen LogP contribution in [-0.4, -0.2) is 24.0 Å². The highest BCUT2D eigenvalue weighted by molar-refractivity contribution is 5.32. The fourth-order valence-electron chi connectivity index (χ4n) is 3.24. The van der Waals surface area contributed by atoms with Crippen LogP contribution in [0.2, 0.25) is 0 Å². The van der Waals surface area contributed by atoms with Gasteiger partial charge in [-0.05, 0) is 70.7 Å². The van der Waals surface area contributed by atoms with E-state index in [0.717, 1.165) is 0 Å². The minimum absolute atomic E-state index is 0.346. The molecule has 106 valence electrons. The van der Waals surface area contributed by atoms with Crippen LogP contribution in [0.25, 0.3) is 0 Å². The molecule has 1 heterocycles. The molecule has 2 heteroatoms. The van der Waals surface area contributed by atoms with Gasteiger partial charge < -0.3 is 5.73 Å². The summed E-state index contributed by atoms with van der Waals surface area (Å²) >= 11 is 0. The average Bonchev–Trinajstić information content (AvgIpc) is 2.41. The molecule has 2 nitrogen and oxygen atoms in total. The molecule has 0 spiro atoms. The number of aryl methyl sites for hydroxylation is 2. The molecule has 1 aliphatic heterocycles. The Labute approximate surface area is 118 Å². The van der Waals surface area contributed by atoms with Gasteiger partial charge >= 0.3 is 0 Å². The highest BCUT2D eigenvalue weighted by Crippen LogP contribution is 2.29. The normalized spacial score (nSPS) is 21.3. The van der Waals surface area contributed by atoms with E-state index < -0.39 is 0 Å². The van der Waals surface area contributed by atoms with Crippen LogP contribution < -0.4 is 5.73 Å². The molecule has 2 N–H and O–H groups in total. The average molecular weight is 260 g/mol. The maximum Gasteiger partial charge on any atom is 0.0322 e. The van der Waals surface area contributed by atoms with Gasteiger partial charge in [0.05, 0.1) is 0 Å². The number of piperidine rings is 1. The molecule has 0 radical (unpaired) electrons. The molecule has 1 aromatic rings. The van der Waals surface area contributed by atoms with Crippen molar-refractivity contribution in [1.29, 1.82) is 0 Å². The van der Waals surface area contributed by atoms with E-state index in [9.17, 15) is 0 Å². The first-order chi connectivity index (χ1) is 8.99. The van der Waals surface area contributed by atoms with Crippen molar-refractivity contribution in [2.45, 2.75) is 52.6 Å². The molecule has 1 fully saturated rings. The van der Waals surface area contributed by atoms with Crippen LogP contribution >= 0.6 is 0 Å². The quantitative estimate of drug-likeness (QED) is 0.902. The van der Waals surface area contributed by atoms with Gasteiger partial charge in [0, 0.05) is 12.1 Å². The summed E-state index contributed by atoms with van der Waals surface area (Å²) in [6, 6.07) is 7.66. The lowest BCUT2D eigenvalue weighted by Gasteiger charge is -2.38. The van der Waals surface area contributed by atoms with Gasteiger partial charge in [0.1, 0.15) is 0 Å². The Kier molecular flexibility index (Phi) is 4.64. The summed E-state index contributed by atoms with van der Waals surface area (Å²) < 4.78 is 0. The summed E-state index contributed by atoms with van der Waals surface area (Å²) in [4.78, 5) is 2.61. The van der Waals surface area contributed by atoms with Crippen molar-refractivity contribution in [3.63, 3.8) is 0 Å². The highest BCUT2D eigenvalue weighted by Gasteiger charge is 2.25. The van der Waals surface area contributed by atoms with E-state index >= 15 is 0 Å². The maximum absolute atomic E-state index is 6.03. The molecule has 1 saturated heterocycles. The molecular weight excluding hydrogens is 232 g/mol. The second-order valence-corrected chi connectivity index (χ2v) is 6.27. The lowest BCUT2D eigenvalue weighted by molar-refractivity contribution is 0.132. The van der Waals surface area contributed by atoms with E-state index in [1.54, 1.807) is 0 Å². The van der Waals surface area contributed by atoms with Crippen molar-refractivity contribution in [3.8, 4) is 0 Å². The van der Waals surface area contributed by atoms with Crippen molar-refractivity contribution in [1.82, 2.24) is 4.90 Å². The lowest BCUT2D eigenvalue weighted by Crippen LogP contribution is -2.40. The zero-order valence-electron chi connectivity index (χ0n) is 12.8. The van der Waals surface area contributed by atoms with E-state index in [1.807, 2.05) is 0 Å². The van der Waals surface area contributed by atoms with Crippen molar-refractivity contribution in [3.05, 3.63) is 34.9 Å². The number of likely N-dealkylation sites (tertiary alicyclic amines) is 1. The third-order valence-electron chi connectivity index (χ3n) is 4.75. The summed E-state index contributed by atoms with van der Waals surface area (Å²) in [6.45, 7) is 11.3. The standard InChI is InChI=1S/C17H28N2/c1-12-5-6-13(2)17(11-12)15(4)19-9-7-16(8-10-19)14(3)18/h5-6,11,14-16H,7-10,18H2,1-4H3. The third-order valence-corrected chi connectivity index (χ3v) is 4.75. The van der Waals surface area contributed by atoms with Gasteiger partial charge in [-0.25, -0.2) is 0 Å². The van der Waals surface area contributed by atoms with Gasteiger partial charge in [0.2, 0.25) is 0 Å². The fraction of sp³-hybridized carbons (Fsp3) is 0.647. The molecule has 19 heavy (non-hydrogen) atoms. The number of hydrogen-bond donors (Lipinski definition) is 1. The summed E-state index contributed by atoms with van der Waals surface area (Å²) in [5, 5.41) is 0. The number of hydrogen-bond acceptors (Lipinski definition) is 2. The van der Waals surface area contributed by atoms with Gasteiger partial charge in [-0.3, -0.25) is 4.90 Å². The molecule has 0 aliphatic carbocycles. The predicted octanol–water partition coefficient (Wildman–Crippen LogP) is 3.42. The van der Waals surface area contributed by atoms with Crippen LogP contribution in [0.15, 0.2) is 18.2 Å². The van der Waals surface area contributed by atoms with Gasteiger partial charge in [-0.2, -0.15) is 0 Å². The second kappa shape index (κ2) is 6.06. The largest absolute Gasteiger partial charge is 0.328 e. The highest BCUT2D eigenvalue weighted by atomic mass is 15.2.